The molecule has 31 heavy (non-hydrogen) atoms. The monoisotopic (exact) mass is 423 g/mol. The predicted molar refractivity (Wildman–Crippen MR) is 116 cm³/mol. The first-order chi connectivity index (χ1) is 14.8. The number of aryl methyl sites for hydroxylation is 1. The van der Waals surface area contributed by atoms with Crippen LogP contribution in [0.2, 0.25) is 0 Å². The summed E-state index contributed by atoms with van der Waals surface area (Å²) in [4.78, 5) is 41.0. The van der Waals surface area contributed by atoms with Crippen molar-refractivity contribution >= 4 is 35.0 Å². The molecule has 9 nitrogen and oxygen atoms in total. The molecular formula is C22H25N5O4. The van der Waals surface area contributed by atoms with Crippen molar-refractivity contribution in [2.24, 2.45) is 17.6 Å². The molecule has 5 N–H and O–H groups in total. The number of hydrogen-bond acceptors (Lipinski definition) is 6. The molecule has 0 saturated heterocycles. The second-order valence-corrected chi connectivity index (χ2v) is 7.27. The van der Waals surface area contributed by atoms with E-state index in [1.54, 1.807) is 37.3 Å². The van der Waals surface area contributed by atoms with E-state index in [-0.39, 0.29) is 29.8 Å². The topological polar surface area (TPSA) is 147 Å². The number of pyridine rings is 1. The van der Waals surface area contributed by atoms with Crippen LogP contribution in [0.3, 0.4) is 0 Å². The largest absolute Gasteiger partial charge is 0.424 e. The first-order valence-corrected chi connectivity index (χ1v) is 10.1. The summed E-state index contributed by atoms with van der Waals surface area (Å²) in [6.45, 7) is 3.61. The average molecular weight is 423 g/mol. The number of anilines is 2. The van der Waals surface area contributed by atoms with Gasteiger partial charge in [-0.25, -0.2) is 0 Å². The summed E-state index contributed by atoms with van der Waals surface area (Å²) >= 11 is 0. The second-order valence-electron chi connectivity index (χ2n) is 7.27. The zero-order chi connectivity index (χ0) is 22.5. The van der Waals surface area contributed by atoms with Gasteiger partial charge in [0.05, 0.1) is 18.0 Å². The summed E-state index contributed by atoms with van der Waals surface area (Å²) in [5, 5.41) is 12.9. The molecule has 0 spiro atoms. The molecule has 1 aromatic heterocycles. The van der Waals surface area contributed by atoms with Crippen molar-refractivity contribution in [3.8, 4) is 5.75 Å². The number of amidine groups is 1. The number of carbonyl (C=O) groups is 3. The van der Waals surface area contributed by atoms with Crippen LogP contribution in [0.4, 0.5) is 11.4 Å². The SMILES string of the molecule is CCC(=O)Oc1cc(CC)ncc1NC(=O)C1CC1C(=O)Nc1ccc(C(=N)N)cc1. The van der Waals surface area contributed by atoms with Crippen LogP contribution in [0.25, 0.3) is 0 Å². The first-order valence-electron chi connectivity index (χ1n) is 10.1. The highest BCUT2D eigenvalue weighted by Crippen LogP contribution is 2.41. The molecule has 1 aliphatic carbocycles. The third-order valence-electron chi connectivity index (χ3n) is 4.98. The lowest BCUT2D eigenvalue weighted by Gasteiger charge is -2.12. The Bertz CT molecular complexity index is 1020. The van der Waals surface area contributed by atoms with E-state index in [4.69, 9.17) is 15.9 Å². The fourth-order valence-electron chi connectivity index (χ4n) is 3.01. The average Bonchev–Trinajstić information content (AvgIpc) is 3.56. The fourth-order valence-corrected chi connectivity index (χ4v) is 3.01. The summed E-state index contributed by atoms with van der Waals surface area (Å²) in [6, 6.07) is 8.22. The van der Waals surface area contributed by atoms with Gasteiger partial charge < -0.3 is 21.1 Å². The number of nitrogens with one attached hydrogen (secondary N) is 3. The molecule has 162 valence electrons. The Balaban J connectivity index is 1.61. The van der Waals surface area contributed by atoms with E-state index in [1.165, 1.54) is 6.20 Å². The van der Waals surface area contributed by atoms with E-state index >= 15 is 0 Å². The number of amides is 2. The molecule has 1 aromatic carbocycles. The maximum Gasteiger partial charge on any atom is 0.310 e. The Labute approximate surface area is 179 Å². The van der Waals surface area contributed by atoms with Gasteiger partial charge >= 0.3 is 5.97 Å². The van der Waals surface area contributed by atoms with Crippen LogP contribution in [0.15, 0.2) is 36.5 Å². The number of nitrogens with two attached hydrogens (primary N) is 1. The Morgan fingerprint density at radius 3 is 2.35 bits per heavy atom. The van der Waals surface area contributed by atoms with Gasteiger partial charge in [-0.15, -0.1) is 0 Å². The van der Waals surface area contributed by atoms with Crippen molar-refractivity contribution in [1.29, 1.82) is 5.41 Å². The lowest BCUT2D eigenvalue weighted by Crippen LogP contribution is -2.21. The van der Waals surface area contributed by atoms with Crippen molar-refractivity contribution in [2.45, 2.75) is 33.1 Å². The number of rotatable bonds is 8. The molecule has 1 fully saturated rings. The summed E-state index contributed by atoms with van der Waals surface area (Å²) in [5.74, 6) is -1.72. The molecular weight excluding hydrogens is 398 g/mol. The van der Waals surface area contributed by atoms with Gasteiger partial charge in [-0.05, 0) is 37.1 Å². The maximum absolute atomic E-state index is 12.6. The molecule has 2 unspecified atom stereocenters. The quantitative estimate of drug-likeness (QED) is 0.291. The molecule has 0 bridgehead atoms. The number of carbonyl (C=O) groups excluding carboxylic acids is 3. The molecule has 1 aliphatic rings. The van der Waals surface area contributed by atoms with Crippen LogP contribution < -0.4 is 21.1 Å². The molecule has 0 radical (unpaired) electrons. The van der Waals surface area contributed by atoms with Crippen molar-refractivity contribution in [1.82, 2.24) is 4.98 Å². The van der Waals surface area contributed by atoms with Crippen LogP contribution in [0.5, 0.6) is 5.75 Å². The minimum atomic E-state index is -0.475. The number of hydrogen-bond donors (Lipinski definition) is 4. The smallest absolute Gasteiger partial charge is 0.310 e. The minimum absolute atomic E-state index is 0.0535. The standard InChI is InChI=1S/C22H25N5O4/c1-3-13-9-18(31-19(28)4-2)17(11-25-13)27-22(30)16-10-15(16)21(29)26-14-7-5-12(6-8-14)20(23)24/h5-9,11,15-16H,3-4,10H2,1-2H3,(H3,23,24)(H,26,29)(H,27,30). The lowest BCUT2D eigenvalue weighted by atomic mass is 10.2. The van der Waals surface area contributed by atoms with Gasteiger partial charge in [-0.1, -0.05) is 13.8 Å². The zero-order valence-corrected chi connectivity index (χ0v) is 17.4. The first kappa shape index (κ1) is 21.9. The number of aromatic nitrogens is 1. The van der Waals surface area contributed by atoms with E-state index in [0.717, 1.165) is 5.69 Å². The lowest BCUT2D eigenvalue weighted by molar-refractivity contribution is -0.134. The Morgan fingerprint density at radius 1 is 1.13 bits per heavy atom. The van der Waals surface area contributed by atoms with Gasteiger partial charge in [0.1, 0.15) is 11.5 Å². The summed E-state index contributed by atoms with van der Waals surface area (Å²) in [6.07, 6.45) is 2.75. The minimum Gasteiger partial charge on any atom is -0.424 e. The summed E-state index contributed by atoms with van der Waals surface area (Å²) in [7, 11) is 0. The second kappa shape index (κ2) is 9.38. The highest BCUT2D eigenvalue weighted by Gasteiger charge is 2.48. The molecule has 2 atom stereocenters. The highest BCUT2D eigenvalue weighted by atomic mass is 16.5. The van der Waals surface area contributed by atoms with Crippen LogP contribution in [0, 0.1) is 17.2 Å². The van der Waals surface area contributed by atoms with Crippen molar-refractivity contribution in [2.75, 3.05) is 10.6 Å². The van der Waals surface area contributed by atoms with Gasteiger partial charge in [0.25, 0.3) is 0 Å². The van der Waals surface area contributed by atoms with Gasteiger partial charge in [0.15, 0.2) is 5.75 Å². The number of nitrogen functional groups attached to an aromatic ring is 1. The summed E-state index contributed by atoms with van der Waals surface area (Å²) < 4.78 is 5.32. The van der Waals surface area contributed by atoms with E-state index in [1.807, 2.05) is 6.92 Å². The van der Waals surface area contributed by atoms with Gasteiger partial charge in [-0.2, -0.15) is 0 Å². The number of ether oxygens (including phenoxy) is 1. The Hall–Kier alpha value is -3.75. The normalized spacial score (nSPS) is 16.8. The fraction of sp³-hybridized carbons (Fsp3) is 0.318. The number of esters is 1. The van der Waals surface area contributed by atoms with Crippen LogP contribution in [-0.4, -0.2) is 28.6 Å². The molecule has 0 aliphatic heterocycles. The van der Waals surface area contributed by atoms with E-state index in [2.05, 4.69) is 15.6 Å². The van der Waals surface area contributed by atoms with E-state index in [0.29, 0.717) is 29.8 Å². The third kappa shape index (κ3) is 5.44. The zero-order valence-electron chi connectivity index (χ0n) is 17.4. The maximum atomic E-state index is 12.6. The predicted octanol–water partition coefficient (Wildman–Crippen LogP) is 2.46. The Kier molecular flexibility index (Phi) is 6.64. The van der Waals surface area contributed by atoms with Crippen LogP contribution in [-0.2, 0) is 20.8 Å². The summed E-state index contributed by atoms with van der Waals surface area (Å²) in [5.41, 5.74) is 7.58. The van der Waals surface area contributed by atoms with E-state index < -0.39 is 17.8 Å². The molecule has 2 aromatic rings. The van der Waals surface area contributed by atoms with Gasteiger partial charge in [0, 0.05) is 29.4 Å². The third-order valence-corrected chi connectivity index (χ3v) is 4.98. The van der Waals surface area contributed by atoms with Crippen LogP contribution in [0.1, 0.15) is 37.9 Å². The van der Waals surface area contributed by atoms with Crippen molar-refractivity contribution in [3.05, 3.63) is 47.8 Å². The Morgan fingerprint density at radius 2 is 1.77 bits per heavy atom. The van der Waals surface area contributed by atoms with Gasteiger partial charge in [0.2, 0.25) is 11.8 Å². The molecule has 1 saturated carbocycles. The molecule has 9 heteroatoms. The van der Waals surface area contributed by atoms with Crippen LogP contribution >= 0.6 is 0 Å². The number of nitrogens with zero attached hydrogens (tertiary/aromatic N) is 1. The van der Waals surface area contributed by atoms with Crippen molar-refractivity contribution in [3.63, 3.8) is 0 Å². The van der Waals surface area contributed by atoms with Gasteiger partial charge in [-0.3, -0.25) is 24.8 Å². The highest BCUT2D eigenvalue weighted by molar-refractivity contribution is 6.04. The van der Waals surface area contributed by atoms with E-state index in [9.17, 15) is 14.4 Å². The molecule has 2 amide bonds. The molecule has 3 rings (SSSR count). The van der Waals surface area contributed by atoms with Crippen molar-refractivity contribution < 1.29 is 19.1 Å². The number of benzene rings is 1. The molecule has 1 heterocycles.